The highest BCUT2D eigenvalue weighted by molar-refractivity contribution is 5.82. The van der Waals surface area contributed by atoms with Crippen LogP contribution in [0, 0.1) is 0 Å². The summed E-state index contributed by atoms with van der Waals surface area (Å²) >= 11 is 0. The first kappa shape index (κ1) is 14.1. The molecule has 19 heavy (non-hydrogen) atoms. The number of rotatable bonds is 2. The number of piperazine rings is 1. The predicted molar refractivity (Wildman–Crippen MR) is 70.8 cm³/mol. The van der Waals surface area contributed by atoms with Crippen LogP contribution in [-0.4, -0.2) is 67.2 Å². The van der Waals surface area contributed by atoms with E-state index in [-0.39, 0.29) is 18.0 Å². The molecule has 0 saturated carbocycles. The van der Waals surface area contributed by atoms with Crippen molar-refractivity contribution in [3.8, 4) is 0 Å². The molecular weight excluding hydrogens is 246 g/mol. The van der Waals surface area contributed by atoms with E-state index < -0.39 is 0 Å². The third kappa shape index (κ3) is 3.59. The second-order valence-corrected chi connectivity index (χ2v) is 5.01. The van der Waals surface area contributed by atoms with E-state index in [1.165, 1.54) is 0 Å². The van der Waals surface area contributed by atoms with Crippen molar-refractivity contribution in [2.24, 2.45) is 0 Å². The molecule has 2 heterocycles. The van der Waals surface area contributed by atoms with Crippen LogP contribution in [0.15, 0.2) is 0 Å². The fourth-order valence-corrected chi connectivity index (χ4v) is 2.61. The summed E-state index contributed by atoms with van der Waals surface area (Å²) < 4.78 is 4.96. The van der Waals surface area contributed by atoms with E-state index in [4.69, 9.17) is 4.74 Å². The van der Waals surface area contributed by atoms with Gasteiger partial charge in [0.15, 0.2) is 0 Å². The first-order valence-corrected chi connectivity index (χ1v) is 7.16. The van der Waals surface area contributed by atoms with Crippen molar-refractivity contribution in [3.63, 3.8) is 0 Å². The van der Waals surface area contributed by atoms with E-state index in [0.717, 1.165) is 25.8 Å². The van der Waals surface area contributed by atoms with Gasteiger partial charge in [0.05, 0.1) is 12.6 Å². The van der Waals surface area contributed by atoms with E-state index in [0.29, 0.717) is 32.8 Å². The van der Waals surface area contributed by atoms with Crippen molar-refractivity contribution >= 4 is 12.0 Å². The minimum absolute atomic E-state index is 0.0251. The van der Waals surface area contributed by atoms with Gasteiger partial charge in [-0.1, -0.05) is 6.42 Å². The zero-order valence-electron chi connectivity index (χ0n) is 11.6. The van der Waals surface area contributed by atoms with Gasteiger partial charge in [-0.2, -0.15) is 0 Å². The van der Waals surface area contributed by atoms with Gasteiger partial charge in [-0.05, 0) is 26.3 Å². The summed E-state index contributed by atoms with van der Waals surface area (Å²) in [6, 6.07) is -0.0251. The molecule has 2 fully saturated rings. The fourth-order valence-electron chi connectivity index (χ4n) is 2.61. The summed E-state index contributed by atoms with van der Waals surface area (Å²) in [6.07, 6.45) is 2.93. The quantitative estimate of drug-likeness (QED) is 0.789. The number of ether oxygens (including phenoxy) is 1. The maximum absolute atomic E-state index is 12.3. The Hall–Kier alpha value is -1.30. The number of hydrogen-bond acceptors (Lipinski definition) is 4. The number of nitrogens with zero attached hydrogens (tertiary/aromatic N) is 2. The van der Waals surface area contributed by atoms with Crippen molar-refractivity contribution in [3.05, 3.63) is 0 Å². The normalized spacial score (nSPS) is 24.2. The zero-order valence-corrected chi connectivity index (χ0v) is 11.6. The maximum atomic E-state index is 12.3. The predicted octanol–water partition coefficient (Wildman–Crippen LogP) is 0.429. The Kier molecular flexibility index (Phi) is 5.01. The lowest BCUT2D eigenvalue weighted by atomic mass is 10.0. The molecular formula is C13H23N3O3. The molecule has 1 unspecified atom stereocenters. The van der Waals surface area contributed by atoms with Crippen molar-refractivity contribution < 1.29 is 14.3 Å². The largest absolute Gasteiger partial charge is 0.450 e. The Balaban J connectivity index is 1.79. The second-order valence-electron chi connectivity index (χ2n) is 5.01. The lowest BCUT2D eigenvalue weighted by Gasteiger charge is -2.36. The third-order valence-electron chi connectivity index (χ3n) is 3.73. The Bertz CT molecular complexity index is 321. The standard InChI is InChI=1S/C13H23N3O3/c1-2-19-13(18)16-9-7-15(8-10-16)12(17)11-5-3-4-6-14-11/h11,14H,2-10H2,1H3. The van der Waals surface area contributed by atoms with E-state index >= 15 is 0 Å². The Labute approximate surface area is 114 Å². The molecule has 0 aliphatic carbocycles. The average molecular weight is 269 g/mol. The summed E-state index contributed by atoms with van der Waals surface area (Å²) in [4.78, 5) is 27.4. The van der Waals surface area contributed by atoms with Gasteiger partial charge in [0, 0.05) is 26.2 Å². The van der Waals surface area contributed by atoms with Crippen molar-refractivity contribution in [2.45, 2.75) is 32.2 Å². The topological polar surface area (TPSA) is 61.9 Å². The highest BCUT2D eigenvalue weighted by Crippen LogP contribution is 2.12. The Morgan fingerprint density at radius 2 is 1.84 bits per heavy atom. The van der Waals surface area contributed by atoms with E-state index in [1.54, 1.807) is 11.8 Å². The van der Waals surface area contributed by atoms with Crippen LogP contribution in [0.2, 0.25) is 0 Å². The first-order valence-electron chi connectivity index (χ1n) is 7.16. The number of carbonyl (C=O) groups excluding carboxylic acids is 2. The molecule has 0 aromatic rings. The first-order chi connectivity index (χ1) is 9.22. The molecule has 2 aliphatic rings. The maximum Gasteiger partial charge on any atom is 0.409 e. The molecule has 6 nitrogen and oxygen atoms in total. The smallest absolute Gasteiger partial charge is 0.409 e. The van der Waals surface area contributed by atoms with Gasteiger partial charge in [0.25, 0.3) is 0 Å². The van der Waals surface area contributed by atoms with Gasteiger partial charge in [-0.25, -0.2) is 4.79 Å². The molecule has 2 amide bonds. The van der Waals surface area contributed by atoms with Gasteiger partial charge < -0.3 is 19.9 Å². The zero-order chi connectivity index (χ0) is 13.7. The van der Waals surface area contributed by atoms with E-state index in [1.807, 2.05) is 4.90 Å². The van der Waals surface area contributed by atoms with Crippen molar-refractivity contribution in [1.82, 2.24) is 15.1 Å². The molecule has 0 aromatic heterocycles. The number of piperidine rings is 1. The van der Waals surface area contributed by atoms with Crippen LogP contribution in [0.3, 0.4) is 0 Å². The average Bonchev–Trinajstić information content (AvgIpc) is 2.48. The number of nitrogens with one attached hydrogen (secondary N) is 1. The van der Waals surface area contributed by atoms with Gasteiger partial charge in [-0.3, -0.25) is 4.79 Å². The Morgan fingerprint density at radius 3 is 2.42 bits per heavy atom. The Morgan fingerprint density at radius 1 is 1.16 bits per heavy atom. The van der Waals surface area contributed by atoms with Crippen LogP contribution in [0.1, 0.15) is 26.2 Å². The number of hydrogen-bond donors (Lipinski definition) is 1. The molecule has 2 aliphatic heterocycles. The minimum Gasteiger partial charge on any atom is -0.450 e. The minimum atomic E-state index is -0.273. The molecule has 2 saturated heterocycles. The summed E-state index contributed by atoms with van der Waals surface area (Å²) in [5, 5.41) is 3.27. The van der Waals surface area contributed by atoms with Gasteiger partial charge in [-0.15, -0.1) is 0 Å². The molecule has 0 spiro atoms. The van der Waals surface area contributed by atoms with Crippen molar-refractivity contribution in [2.75, 3.05) is 39.3 Å². The molecule has 1 atom stereocenters. The van der Waals surface area contributed by atoms with Gasteiger partial charge in [0.1, 0.15) is 0 Å². The van der Waals surface area contributed by atoms with Gasteiger partial charge >= 0.3 is 6.09 Å². The third-order valence-corrected chi connectivity index (χ3v) is 3.73. The second kappa shape index (κ2) is 6.75. The molecule has 0 aromatic carbocycles. The molecule has 0 bridgehead atoms. The molecule has 2 rings (SSSR count). The monoisotopic (exact) mass is 269 g/mol. The summed E-state index contributed by atoms with van der Waals surface area (Å²) in [5.41, 5.74) is 0. The van der Waals surface area contributed by atoms with Crippen LogP contribution in [-0.2, 0) is 9.53 Å². The highest BCUT2D eigenvalue weighted by Gasteiger charge is 2.29. The SMILES string of the molecule is CCOC(=O)N1CCN(C(=O)C2CCCCN2)CC1. The summed E-state index contributed by atoms with van der Waals surface area (Å²) in [6.45, 7) is 5.47. The van der Waals surface area contributed by atoms with Crippen LogP contribution >= 0.6 is 0 Å². The summed E-state index contributed by atoms with van der Waals surface area (Å²) in [7, 11) is 0. The van der Waals surface area contributed by atoms with Crippen LogP contribution in [0.4, 0.5) is 4.79 Å². The number of carbonyl (C=O) groups is 2. The molecule has 0 radical (unpaired) electrons. The van der Waals surface area contributed by atoms with Crippen molar-refractivity contribution in [1.29, 1.82) is 0 Å². The molecule has 108 valence electrons. The lowest BCUT2D eigenvalue weighted by Crippen LogP contribution is -2.55. The van der Waals surface area contributed by atoms with Gasteiger partial charge in [0.2, 0.25) is 5.91 Å². The lowest BCUT2D eigenvalue weighted by molar-refractivity contribution is -0.135. The van der Waals surface area contributed by atoms with Crippen LogP contribution in [0.25, 0.3) is 0 Å². The van der Waals surface area contributed by atoms with Crippen LogP contribution < -0.4 is 5.32 Å². The molecule has 1 N–H and O–H groups in total. The number of amides is 2. The fraction of sp³-hybridized carbons (Fsp3) is 0.846. The van der Waals surface area contributed by atoms with E-state index in [2.05, 4.69) is 5.32 Å². The van der Waals surface area contributed by atoms with Crippen LogP contribution in [0.5, 0.6) is 0 Å². The highest BCUT2D eigenvalue weighted by atomic mass is 16.6. The van der Waals surface area contributed by atoms with E-state index in [9.17, 15) is 9.59 Å². The molecule has 6 heteroatoms. The summed E-state index contributed by atoms with van der Waals surface area (Å²) in [5.74, 6) is 0.184.